The number of nitrogens with one attached hydrogen (secondary N) is 1. The third-order valence-electron chi connectivity index (χ3n) is 4.99. The molecule has 1 atom stereocenters. The first kappa shape index (κ1) is 18.3. The minimum Gasteiger partial charge on any atom is -0.350 e. The van der Waals surface area contributed by atoms with E-state index < -0.39 is 0 Å². The molecule has 0 aromatic carbocycles. The Hall–Kier alpha value is -2.51. The Bertz CT molecular complexity index is 651. The highest BCUT2D eigenvalue weighted by Gasteiger charge is 2.30. The first-order valence-corrected chi connectivity index (χ1v) is 9.21. The zero-order chi connectivity index (χ0) is 18.4. The lowest BCUT2D eigenvalue weighted by Gasteiger charge is -2.32. The SMILES string of the molecule is O=C(NCc1ccncn1)C1CCC(=O)N(CCCN2CCCC2=O)C1. The van der Waals surface area contributed by atoms with Gasteiger partial charge < -0.3 is 15.1 Å². The predicted octanol–water partition coefficient (Wildman–Crippen LogP) is 0.344. The molecule has 8 heteroatoms. The van der Waals surface area contributed by atoms with Crippen LogP contribution < -0.4 is 5.32 Å². The second-order valence-electron chi connectivity index (χ2n) is 6.83. The van der Waals surface area contributed by atoms with Crippen molar-refractivity contribution in [1.29, 1.82) is 0 Å². The van der Waals surface area contributed by atoms with Crippen LogP contribution in [0.15, 0.2) is 18.6 Å². The van der Waals surface area contributed by atoms with Gasteiger partial charge in [0, 0.05) is 45.2 Å². The number of hydrogen-bond acceptors (Lipinski definition) is 5. The van der Waals surface area contributed by atoms with Gasteiger partial charge in [-0.25, -0.2) is 9.97 Å². The van der Waals surface area contributed by atoms with E-state index in [0.29, 0.717) is 45.4 Å². The summed E-state index contributed by atoms with van der Waals surface area (Å²) < 4.78 is 0. The van der Waals surface area contributed by atoms with Crippen molar-refractivity contribution in [3.05, 3.63) is 24.3 Å². The van der Waals surface area contributed by atoms with Crippen molar-refractivity contribution in [2.75, 3.05) is 26.2 Å². The van der Waals surface area contributed by atoms with Gasteiger partial charge in [0.15, 0.2) is 0 Å². The molecule has 26 heavy (non-hydrogen) atoms. The van der Waals surface area contributed by atoms with E-state index >= 15 is 0 Å². The predicted molar refractivity (Wildman–Crippen MR) is 93.6 cm³/mol. The molecule has 1 unspecified atom stereocenters. The summed E-state index contributed by atoms with van der Waals surface area (Å²) in [5.41, 5.74) is 0.757. The van der Waals surface area contributed by atoms with Gasteiger partial charge in [0.05, 0.1) is 18.2 Å². The highest BCUT2D eigenvalue weighted by Crippen LogP contribution is 2.19. The number of aromatic nitrogens is 2. The summed E-state index contributed by atoms with van der Waals surface area (Å²) in [5, 5.41) is 2.89. The Balaban J connectivity index is 1.43. The molecule has 1 aromatic heterocycles. The number of rotatable bonds is 7. The van der Waals surface area contributed by atoms with Gasteiger partial charge in [-0.2, -0.15) is 0 Å². The van der Waals surface area contributed by atoms with Crippen molar-refractivity contribution in [1.82, 2.24) is 25.1 Å². The largest absolute Gasteiger partial charge is 0.350 e. The fraction of sp³-hybridized carbons (Fsp3) is 0.611. The van der Waals surface area contributed by atoms with Crippen LogP contribution in [-0.2, 0) is 20.9 Å². The van der Waals surface area contributed by atoms with Crippen LogP contribution in [0.1, 0.15) is 37.8 Å². The maximum Gasteiger partial charge on any atom is 0.225 e. The third kappa shape index (κ3) is 4.77. The molecule has 0 radical (unpaired) electrons. The van der Waals surface area contributed by atoms with Gasteiger partial charge in [0.2, 0.25) is 17.7 Å². The zero-order valence-electron chi connectivity index (χ0n) is 14.9. The van der Waals surface area contributed by atoms with E-state index in [2.05, 4.69) is 15.3 Å². The first-order valence-electron chi connectivity index (χ1n) is 9.21. The van der Waals surface area contributed by atoms with Crippen LogP contribution in [-0.4, -0.2) is 63.7 Å². The number of amides is 3. The number of likely N-dealkylation sites (tertiary alicyclic amines) is 2. The lowest BCUT2D eigenvalue weighted by molar-refractivity contribution is -0.138. The highest BCUT2D eigenvalue weighted by atomic mass is 16.2. The van der Waals surface area contributed by atoms with E-state index in [0.717, 1.165) is 25.1 Å². The van der Waals surface area contributed by atoms with Gasteiger partial charge in [-0.3, -0.25) is 14.4 Å². The quantitative estimate of drug-likeness (QED) is 0.758. The average molecular weight is 359 g/mol. The van der Waals surface area contributed by atoms with Crippen molar-refractivity contribution in [2.45, 2.75) is 38.6 Å². The van der Waals surface area contributed by atoms with Crippen molar-refractivity contribution in [2.24, 2.45) is 5.92 Å². The summed E-state index contributed by atoms with van der Waals surface area (Å²) in [7, 11) is 0. The second kappa shape index (κ2) is 8.73. The average Bonchev–Trinajstić information content (AvgIpc) is 3.07. The number of nitrogens with zero attached hydrogens (tertiary/aromatic N) is 4. The summed E-state index contributed by atoms with van der Waals surface area (Å²) >= 11 is 0. The molecule has 3 heterocycles. The molecule has 0 aliphatic carbocycles. The minimum atomic E-state index is -0.192. The van der Waals surface area contributed by atoms with Crippen molar-refractivity contribution in [3.63, 3.8) is 0 Å². The maximum absolute atomic E-state index is 12.4. The first-order chi connectivity index (χ1) is 12.6. The molecule has 2 fully saturated rings. The summed E-state index contributed by atoms with van der Waals surface area (Å²) in [4.78, 5) is 47.7. The van der Waals surface area contributed by atoms with E-state index in [1.165, 1.54) is 6.33 Å². The van der Waals surface area contributed by atoms with Gasteiger partial charge in [0.1, 0.15) is 6.33 Å². The molecule has 2 aliphatic heterocycles. The minimum absolute atomic E-state index is 0.0455. The molecule has 0 bridgehead atoms. The fourth-order valence-corrected chi connectivity index (χ4v) is 3.48. The Morgan fingerprint density at radius 3 is 2.73 bits per heavy atom. The van der Waals surface area contributed by atoms with E-state index in [4.69, 9.17) is 0 Å². The number of carbonyl (C=O) groups is 3. The van der Waals surface area contributed by atoms with Crippen molar-refractivity contribution < 1.29 is 14.4 Å². The van der Waals surface area contributed by atoms with Crippen LogP contribution in [0.2, 0.25) is 0 Å². The van der Waals surface area contributed by atoms with Gasteiger partial charge in [-0.15, -0.1) is 0 Å². The molecule has 3 amide bonds. The van der Waals surface area contributed by atoms with E-state index in [-0.39, 0.29) is 23.6 Å². The van der Waals surface area contributed by atoms with Crippen LogP contribution in [0.4, 0.5) is 0 Å². The second-order valence-corrected chi connectivity index (χ2v) is 6.83. The summed E-state index contributed by atoms with van der Waals surface area (Å²) in [6.07, 6.45) is 6.39. The summed E-state index contributed by atoms with van der Waals surface area (Å²) in [5.74, 6) is 0.0633. The molecular formula is C18H25N5O3. The molecule has 3 rings (SSSR count). The van der Waals surface area contributed by atoms with Crippen molar-refractivity contribution in [3.8, 4) is 0 Å². The highest BCUT2D eigenvalue weighted by molar-refractivity contribution is 5.83. The third-order valence-corrected chi connectivity index (χ3v) is 4.99. The molecule has 2 saturated heterocycles. The van der Waals surface area contributed by atoms with Crippen LogP contribution in [0.3, 0.4) is 0 Å². The summed E-state index contributed by atoms with van der Waals surface area (Å²) in [6.45, 7) is 2.91. The molecular weight excluding hydrogens is 334 g/mol. The Morgan fingerprint density at radius 2 is 2.00 bits per heavy atom. The Kier molecular flexibility index (Phi) is 6.14. The molecule has 8 nitrogen and oxygen atoms in total. The lowest BCUT2D eigenvalue weighted by Crippen LogP contribution is -2.46. The van der Waals surface area contributed by atoms with E-state index in [9.17, 15) is 14.4 Å². The Morgan fingerprint density at radius 1 is 1.19 bits per heavy atom. The van der Waals surface area contributed by atoms with Gasteiger partial charge in [0.25, 0.3) is 0 Å². The zero-order valence-corrected chi connectivity index (χ0v) is 14.9. The standard InChI is InChI=1S/C18H25N5O3/c24-16-3-1-8-22(16)9-2-10-23-12-14(4-5-17(23)25)18(26)20-11-15-6-7-19-13-21-15/h6-7,13-14H,1-5,8-12H2,(H,20,26). The number of hydrogen-bond donors (Lipinski definition) is 1. The normalized spacial score (nSPS) is 20.5. The monoisotopic (exact) mass is 359 g/mol. The van der Waals surface area contributed by atoms with Crippen molar-refractivity contribution >= 4 is 17.7 Å². The smallest absolute Gasteiger partial charge is 0.225 e. The molecule has 2 aliphatic rings. The van der Waals surface area contributed by atoms with Crippen LogP contribution in [0, 0.1) is 5.92 Å². The number of carbonyl (C=O) groups excluding carboxylic acids is 3. The van der Waals surface area contributed by atoms with Crippen LogP contribution >= 0.6 is 0 Å². The molecule has 0 spiro atoms. The molecule has 0 saturated carbocycles. The molecule has 1 N–H and O–H groups in total. The fourth-order valence-electron chi connectivity index (χ4n) is 3.48. The van der Waals surface area contributed by atoms with Gasteiger partial charge in [-0.1, -0.05) is 0 Å². The summed E-state index contributed by atoms with van der Waals surface area (Å²) in [6, 6.07) is 1.76. The van der Waals surface area contributed by atoms with E-state index in [1.54, 1.807) is 17.2 Å². The van der Waals surface area contributed by atoms with Gasteiger partial charge in [-0.05, 0) is 25.3 Å². The van der Waals surface area contributed by atoms with Gasteiger partial charge >= 0.3 is 0 Å². The van der Waals surface area contributed by atoms with Crippen LogP contribution in [0.25, 0.3) is 0 Å². The topological polar surface area (TPSA) is 95.5 Å². The number of piperidine rings is 1. The van der Waals surface area contributed by atoms with E-state index in [1.807, 2.05) is 4.90 Å². The lowest BCUT2D eigenvalue weighted by atomic mass is 9.96. The molecule has 1 aromatic rings. The van der Waals surface area contributed by atoms with Crippen LogP contribution in [0.5, 0.6) is 0 Å². The maximum atomic E-state index is 12.4. The Labute approximate surface area is 153 Å². The molecule has 140 valence electrons.